The highest BCUT2D eigenvalue weighted by Crippen LogP contribution is 2.25. The molecule has 2 aromatic carbocycles. The molecule has 0 saturated carbocycles. The zero-order valence-electron chi connectivity index (χ0n) is 14.5. The Labute approximate surface area is 166 Å². The number of amides is 1. The molecule has 6 nitrogen and oxygen atoms in total. The molecule has 3 rings (SSSR count). The zero-order valence-corrected chi connectivity index (χ0v) is 16.2. The Morgan fingerprint density at radius 1 is 1.07 bits per heavy atom. The molecule has 0 fully saturated rings. The fraction of sp³-hybridized carbons (Fsp3) is 0.0500. The van der Waals surface area contributed by atoms with Crippen LogP contribution in [0.1, 0.15) is 15.9 Å². The number of hydrogen-bond donors (Lipinski definition) is 3. The lowest BCUT2D eigenvalue weighted by Gasteiger charge is -2.09. The Balaban J connectivity index is 1.64. The molecule has 0 radical (unpaired) electrons. The van der Waals surface area contributed by atoms with E-state index in [9.17, 15) is 18.3 Å². The van der Waals surface area contributed by atoms with Crippen LogP contribution in [0, 0.1) is 11.8 Å². The van der Waals surface area contributed by atoms with Gasteiger partial charge in [-0.15, -0.1) is 11.3 Å². The van der Waals surface area contributed by atoms with Crippen molar-refractivity contribution in [2.24, 2.45) is 0 Å². The number of aromatic hydroxyl groups is 1. The summed E-state index contributed by atoms with van der Waals surface area (Å²) in [4.78, 5) is 12.2. The predicted molar refractivity (Wildman–Crippen MR) is 109 cm³/mol. The highest BCUT2D eigenvalue weighted by molar-refractivity contribution is 7.94. The molecule has 3 N–H and O–H groups in total. The van der Waals surface area contributed by atoms with Crippen molar-refractivity contribution in [3.05, 3.63) is 77.2 Å². The van der Waals surface area contributed by atoms with E-state index < -0.39 is 15.9 Å². The third kappa shape index (κ3) is 4.91. The van der Waals surface area contributed by atoms with Crippen molar-refractivity contribution in [1.82, 2.24) is 5.32 Å². The van der Waals surface area contributed by atoms with Gasteiger partial charge in [-0.2, -0.15) is 0 Å². The van der Waals surface area contributed by atoms with Crippen LogP contribution in [-0.4, -0.2) is 26.0 Å². The first-order valence-electron chi connectivity index (χ1n) is 8.17. The van der Waals surface area contributed by atoms with E-state index in [2.05, 4.69) is 21.9 Å². The molecule has 1 heterocycles. The molecule has 1 aromatic heterocycles. The summed E-state index contributed by atoms with van der Waals surface area (Å²) in [5, 5.41) is 14.3. The quantitative estimate of drug-likeness (QED) is 0.562. The van der Waals surface area contributed by atoms with Crippen molar-refractivity contribution < 1.29 is 18.3 Å². The van der Waals surface area contributed by atoms with Gasteiger partial charge < -0.3 is 10.4 Å². The lowest BCUT2D eigenvalue weighted by molar-refractivity contribution is 0.0956. The van der Waals surface area contributed by atoms with E-state index in [1.165, 1.54) is 24.3 Å². The SMILES string of the molecule is O=C(NCC#Cc1ccccc1)c1ccc(NS(=O)(=O)c2cccs2)cc1O. The number of phenolic OH excluding ortho intramolecular Hbond substituents is 1. The van der Waals surface area contributed by atoms with Gasteiger partial charge in [-0.1, -0.05) is 36.1 Å². The summed E-state index contributed by atoms with van der Waals surface area (Å²) in [6, 6.07) is 16.4. The number of carbonyl (C=O) groups is 1. The van der Waals surface area contributed by atoms with Crippen LogP contribution in [0.25, 0.3) is 0 Å². The van der Waals surface area contributed by atoms with Gasteiger partial charge in [-0.05, 0) is 35.7 Å². The van der Waals surface area contributed by atoms with Gasteiger partial charge in [0.05, 0.1) is 17.8 Å². The molecule has 0 aliphatic carbocycles. The molecular weight excluding hydrogens is 396 g/mol. The highest BCUT2D eigenvalue weighted by Gasteiger charge is 2.17. The summed E-state index contributed by atoms with van der Waals surface area (Å²) in [7, 11) is -3.73. The van der Waals surface area contributed by atoms with Crippen LogP contribution in [0.15, 0.2) is 70.3 Å². The minimum Gasteiger partial charge on any atom is -0.507 e. The number of anilines is 1. The standard InChI is InChI=1S/C20H16N2O4S2/c23-18-14-16(22-28(25,26)19-9-5-13-27-19)10-11-17(18)20(24)21-12-4-8-15-6-2-1-3-7-15/h1-3,5-7,9-11,13-14,22-23H,12H2,(H,21,24). The second-order valence-corrected chi connectivity index (χ2v) is 8.48. The highest BCUT2D eigenvalue weighted by atomic mass is 32.2. The van der Waals surface area contributed by atoms with Crippen molar-refractivity contribution in [3.63, 3.8) is 0 Å². The van der Waals surface area contributed by atoms with Gasteiger partial charge in [0.15, 0.2) is 0 Å². The monoisotopic (exact) mass is 412 g/mol. The summed E-state index contributed by atoms with van der Waals surface area (Å²) in [5.41, 5.74) is 1.02. The minimum atomic E-state index is -3.73. The Morgan fingerprint density at radius 3 is 2.54 bits per heavy atom. The Bertz CT molecular complexity index is 1130. The van der Waals surface area contributed by atoms with Crippen molar-refractivity contribution in [3.8, 4) is 17.6 Å². The zero-order chi connectivity index (χ0) is 20.0. The van der Waals surface area contributed by atoms with E-state index in [0.717, 1.165) is 16.9 Å². The number of thiophene rings is 1. The van der Waals surface area contributed by atoms with Crippen molar-refractivity contribution in [2.75, 3.05) is 11.3 Å². The third-order valence-electron chi connectivity index (χ3n) is 3.60. The van der Waals surface area contributed by atoms with Crippen LogP contribution in [0.2, 0.25) is 0 Å². The molecule has 0 aliphatic heterocycles. The third-order valence-corrected chi connectivity index (χ3v) is 6.38. The number of nitrogens with one attached hydrogen (secondary N) is 2. The second-order valence-electron chi connectivity index (χ2n) is 5.62. The summed E-state index contributed by atoms with van der Waals surface area (Å²) < 4.78 is 26.9. The largest absolute Gasteiger partial charge is 0.507 e. The van der Waals surface area contributed by atoms with E-state index >= 15 is 0 Å². The fourth-order valence-electron chi connectivity index (χ4n) is 2.30. The normalized spacial score (nSPS) is 10.6. The molecule has 0 unspecified atom stereocenters. The lowest BCUT2D eigenvalue weighted by atomic mass is 10.1. The first-order chi connectivity index (χ1) is 13.5. The van der Waals surface area contributed by atoms with Crippen LogP contribution in [0.4, 0.5) is 5.69 Å². The van der Waals surface area contributed by atoms with Crippen molar-refractivity contribution in [1.29, 1.82) is 0 Å². The van der Waals surface area contributed by atoms with Crippen molar-refractivity contribution >= 4 is 33.0 Å². The second kappa shape index (κ2) is 8.61. The maximum absolute atomic E-state index is 12.2. The molecule has 8 heteroatoms. The number of benzene rings is 2. The van der Waals surface area contributed by atoms with Gasteiger partial charge in [-0.3, -0.25) is 9.52 Å². The van der Waals surface area contributed by atoms with Crippen LogP contribution in [0.3, 0.4) is 0 Å². The molecule has 28 heavy (non-hydrogen) atoms. The van der Waals surface area contributed by atoms with Crippen LogP contribution in [-0.2, 0) is 10.0 Å². The van der Waals surface area contributed by atoms with Gasteiger partial charge in [0.25, 0.3) is 15.9 Å². The Kier molecular flexibility index (Phi) is 5.99. The average molecular weight is 412 g/mol. The number of hydrogen-bond acceptors (Lipinski definition) is 5. The first kappa shape index (κ1) is 19.5. The fourth-order valence-corrected chi connectivity index (χ4v) is 4.34. The Hall–Kier alpha value is -3.28. The summed E-state index contributed by atoms with van der Waals surface area (Å²) in [6.07, 6.45) is 0. The summed E-state index contributed by atoms with van der Waals surface area (Å²) in [6.45, 7) is 0.111. The molecule has 0 aliphatic rings. The molecule has 0 bridgehead atoms. The van der Waals surface area contributed by atoms with Gasteiger partial charge in [0.1, 0.15) is 9.96 Å². The first-order valence-corrected chi connectivity index (χ1v) is 10.5. The number of phenols is 1. The maximum Gasteiger partial charge on any atom is 0.271 e. The molecular formula is C20H16N2O4S2. The van der Waals surface area contributed by atoms with Gasteiger partial charge in [0, 0.05) is 11.6 Å². The van der Waals surface area contributed by atoms with Gasteiger partial charge >= 0.3 is 0 Å². The van der Waals surface area contributed by atoms with Crippen LogP contribution in [0.5, 0.6) is 5.75 Å². The van der Waals surface area contributed by atoms with E-state index in [1.54, 1.807) is 11.4 Å². The number of sulfonamides is 1. The Morgan fingerprint density at radius 2 is 1.86 bits per heavy atom. The molecule has 1 amide bonds. The van der Waals surface area contributed by atoms with E-state index in [-0.39, 0.29) is 27.8 Å². The molecule has 3 aromatic rings. The van der Waals surface area contributed by atoms with E-state index in [4.69, 9.17) is 0 Å². The van der Waals surface area contributed by atoms with Gasteiger partial charge in [0.2, 0.25) is 0 Å². The molecule has 0 spiro atoms. The average Bonchev–Trinajstić information content (AvgIpc) is 3.21. The molecule has 0 atom stereocenters. The summed E-state index contributed by atoms with van der Waals surface area (Å²) in [5.74, 6) is 4.90. The number of carbonyl (C=O) groups excluding carboxylic acids is 1. The topological polar surface area (TPSA) is 95.5 Å². The summed E-state index contributed by atoms with van der Waals surface area (Å²) >= 11 is 1.08. The van der Waals surface area contributed by atoms with Gasteiger partial charge in [-0.25, -0.2) is 8.42 Å². The minimum absolute atomic E-state index is 0.0283. The van der Waals surface area contributed by atoms with Crippen molar-refractivity contribution in [2.45, 2.75) is 4.21 Å². The smallest absolute Gasteiger partial charge is 0.271 e. The maximum atomic E-state index is 12.2. The van der Waals surface area contributed by atoms with E-state index in [0.29, 0.717) is 0 Å². The molecule has 142 valence electrons. The lowest BCUT2D eigenvalue weighted by Crippen LogP contribution is -2.23. The van der Waals surface area contributed by atoms with Crippen LogP contribution >= 0.6 is 11.3 Å². The van der Waals surface area contributed by atoms with E-state index in [1.807, 2.05) is 30.3 Å². The predicted octanol–water partition coefficient (Wildman–Crippen LogP) is 3.04. The number of rotatable bonds is 5. The molecule has 0 saturated heterocycles. The van der Waals surface area contributed by atoms with Crippen LogP contribution < -0.4 is 10.0 Å².